The summed E-state index contributed by atoms with van der Waals surface area (Å²) >= 11 is 0. The Morgan fingerprint density at radius 3 is 2.50 bits per heavy atom. The summed E-state index contributed by atoms with van der Waals surface area (Å²) in [6.45, 7) is 4.70. The fraction of sp³-hybridized carbons (Fsp3) is 0.500. The zero-order valence-corrected chi connectivity index (χ0v) is 12.1. The Balaban J connectivity index is 2.59. The van der Waals surface area contributed by atoms with Gasteiger partial charge in [0.25, 0.3) is 5.69 Å². The van der Waals surface area contributed by atoms with E-state index in [0.29, 0.717) is 18.2 Å². The Morgan fingerprint density at radius 1 is 1.40 bits per heavy atom. The second kappa shape index (κ2) is 5.02. The third kappa shape index (κ3) is 2.61. The summed E-state index contributed by atoms with van der Waals surface area (Å²) in [7, 11) is -3.92. The molecule has 1 aromatic rings. The molecule has 1 heterocycles. The molecule has 0 radical (unpaired) electrons. The summed E-state index contributed by atoms with van der Waals surface area (Å²) in [6, 6.07) is 3.76. The topological polar surface area (TPSA) is 107 Å². The summed E-state index contributed by atoms with van der Waals surface area (Å²) in [5.74, 6) is 0.391. The molecular weight excluding hydrogens is 282 g/mol. The van der Waals surface area contributed by atoms with Crippen LogP contribution in [0.3, 0.4) is 0 Å². The van der Waals surface area contributed by atoms with Crippen molar-refractivity contribution in [2.24, 2.45) is 11.1 Å². The molecule has 0 bridgehead atoms. The van der Waals surface area contributed by atoms with Crippen LogP contribution in [-0.4, -0.2) is 25.9 Å². The largest absolute Gasteiger partial charge is 0.367 e. The van der Waals surface area contributed by atoms with E-state index in [9.17, 15) is 18.5 Å². The molecule has 2 rings (SSSR count). The van der Waals surface area contributed by atoms with Crippen LogP contribution in [0.1, 0.15) is 20.3 Å². The third-order valence-corrected chi connectivity index (χ3v) is 4.87. The van der Waals surface area contributed by atoms with Crippen LogP contribution in [0.25, 0.3) is 0 Å². The summed E-state index contributed by atoms with van der Waals surface area (Å²) < 4.78 is 23.3. The van der Waals surface area contributed by atoms with Gasteiger partial charge in [-0.1, -0.05) is 6.92 Å². The maximum atomic E-state index is 11.7. The molecule has 1 aromatic carbocycles. The lowest BCUT2D eigenvalue weighted by molar-refractivity contribution is -0.384. The number of anilines is 1. The van der Waals surface area contributed by atoms with Gasteiger partial charge in [0.15, 0.2) is 0 Å². The highest BCUT2D eigenvalue weighted by Crippen LogP contribution is 2.35. The first-order chi connectivity index (χ1) is 9.21. The lowest BCUT2D eigenvalue weighted by Gasteiger charge is -2.27. The van der Waals surface area contributed by atoms with E-state index >= 15 is 0 Å². The first-order valence-corrected chi connectivity index (χ1v) is 7.84. The van der Waals surface area contributed by atoms with Gasteiger partial charge in [-0.2, -0.15) is 0 Å². The minimum Gasteiger partial charge on any atom is -0.367 e. The van der Waals surface area contributed by atoms with E-state index in [-0.39, 0.29) is 16.6 Å². The number of hydrogen-bond donors (Lipinski definition) is 1. The lowest BCUT2D eigenvalue weighted by Crippen LogP contribution is -2.31. The normalized spacial score (nSPS) is 23.1. The Kier molecular flexibility index (Phi) is 3.70. The predicted molar refractivity (Wildman–Crippen MR) is 75.1 cm³/mol. The van der Waals surface area contributed by atoms with E-state index in [1.54, 1.807) is 0 Å². The molecule has 0 aliphatic carbocycles. The van der Waals surface area contributed by atoms with Crippen LogP contribution in [0.2, 0.25) is 0 Å². The summed E-state index contributed by atoms with van der Waals surface area (Å²) in [5.41, 5.74) is 0.178. The minimum absolute atomic E-state index is 0.0657. The fourth-order valence-electron chi connectivity index (χ4n) is 2.52. The molecule has 0 spiro atoms. The molecule has 2 N–H and O–H groups in total. The Hall–Kier alpha value is -1.67. The molecule has 7 nitrogen and oxygen atoms in total. The molecule has 110 valence electrons. The molecule has 8 heteroatoms. The van der Waals surface area contributed by atoms with E-state index in [2.05, 4.69) is 6.92 Å². The van der Waals surface area contributed by atoms with Crippen LogP contribution in [0, 0.1) is 16.0 Å². The quantitative estimate of drug-likeness (QED) is 0.672. The van der Waals surface area contributed by atoms with Crippen LogP contribution in [0.15, 0.2) is 23.1 Å². The predicted octanol–water partition coefficient (Wildman–Crippen LogP) is 1.48. The number of non-ortho nitro benzene ring substituents is 1. The van der Waals surface area contributed by atoms with Crippen molar-refractivity contribution in [1.82, 2.24) is 0 Å². The van der Waals surface area contributed by atoms with E-state index in [1.807, 2.05) is 11.8 Å². The molecule has 0 amide bonds. The van der Waals surface area contributed by atoms with Gasteiger partial charge in [-0.3, -0.25) is 10.1 Å². The van der Waals surface area contributed by atoms with Crippen molar-refractivity contribution in [2.75, 3.05) is 11.4 Å². The number of nitro groups is 1. The summed E-state index contributed by atoms with van der Waals surface area (Å²) in [5, 5.41) is 16.1. The van der Waals surface area contributed by atoms with Crippen LogP contribution < -0.4 is 10.0 Å². The highest BCUT2D eigenvalue weighted by Gasteiger charge is 2.31. The fourth-order valence-corrected chi connectivity index (χ4v) is 3.24. The van der Waals surface area contributed by atoms with Crippen molar-refractivity contribution in [1.29, 1.82) is 0 Å². The van der Waals surface area contributed by atoms with E-state index < -0.39 is 14.9 Å². The van der Waals surface area contributed by atoms with Gasteiger partial charge >= 0.3 is 0 Å². The molecule has 1 aliphatic rings. The van der Waals surface area contributed by atoms with Gasteiger partial charge in [0.1, 0.15) is 4.90 Å². The molecule has 1 saturated heterocycles. The van der Waals surface area contributed by atoms with Crippen molar-refractivity contribution in [3.63, 3.8) is 0 Å². The summed E-state index contributed by atoms with van der Waals surface area (Å²) in [4.78, 5) is 12.1. The SMILES string of the molecule is C[C@@H]1CCN(c2cc([N+](=O)[O-])ccc2S(N)(=O)=O)[C@H]1C. The molecular formula is C12H17N3O4S. The minimum atomic E-state index is -3.92. The van der Waals surface area contributed by atoms with E-state index in [4.69, 9.17) is 5.14 Å². The van der Waals surface area contributed by atoms with Gasteiger partial charge in [-0.25, -0.2) is 13.6 Å². The average molecular weight is 299 g/mol. The molecule has 1 fully saturated rings. The van der Waals surface area contributed by atoms with Gasteiger partial charge in [0.05, 0.1) is 10.6 Å². The molecule has 1 aliphatic heterocycles. The number of hydrogen-bond acceptors (Lipinski definition) is 5. The molecule has 0 unspecified atom stereocenters. The first-order valence-electron chi connectivity index (χ1n) is 6.29. The molecule has 0 saturated carbocycles. The molecule has 2 atom stereocenters. The van der Waals surface area contributed by atoms with Gasteiger partial charge in [-0.05, 0) is 25.3 Å². The number of nitro benzene ring substituents is 1. The van der Waals surface area contributed by atoms with Crippen molar-refractivity contribution in [3.05, 3.63) is 28.3 Å². The number of sulfonamides is 1. The van der Waals surface area contributed by atoms with Crippen LogP contribution >= 0.6 is 0 Å². The smallest absolute Gasteiger partial charge is 0.271 e. The Labute approximate surface area is 117 Å². The number of nitrogens with two attached hydrogens (primary N) is 1. The van der Waals surface area contributed by atoms with Crippen LogP contribution in [0.4, 0.5) is 11.4 Å². The number of benzene rings is 1. The van der Waals surface area contributed by atoms with Gasteiger partial charge in [0, 0.05) is 24.7 Å². The van der Waals surface area contributed by atoms with Crippen molar-refractivity contribution >= 4 is 21.4 Å². The molecule has 0 aromatic heterocycles. The average Bonchev–Trinajstić information content (AvgIpc) is 2.68. The van der Waals surface area contributed by atoms with Crippen LogP contribution in [0.5, 0.6) is 0 Å². The van der Waals surface area contributed by atoms with E-state index in [1.165, 1.54) is 12.1 Å². The van der Waals surface area contributed by atoms with E-state index in [0.717, 1.165) is 12.5 Å². The third-order valence-electron chi connectivity index (χ3n) is 3.91. The number of primary sulfonamides is 1. The van der Waals surface area contributed by atoms with Crippen molar-refractivity contribution in [3.8, 4) is 0 Å². The van der Waals surface area contributed by atoms with Gasteiger partial charge < -0.3 is 4.90 Å². The Bertz CT molecular complexity index is 644. The maximum Gasteiger partial charge on any atom is 0.271 e. The monoisotopic (exact) mass is 299 g/mol. The van der Waals surface area contributed by atoms with Crippen molar-refractivity contribution < 1.29 is 13.3 Å². The van der Waals surface area contributed by atoms with Gasteiger partial charge in [0.2, 0.25) is 10.0 Å². The van der Waals surface area contributed by atoms with Crippen LogP contribution in [-0.2, 0) is 10.0 Å². The van der Waals surface area contributed by atoms with Crippen molar-refractivity contribution in [2.45, 2.75) is 31.2 Å². The second-order valence-electron chi connectivity index (χ2n) is 5.15. The Morgan fingerprint density at radius 2 is 2.05 bits per heavy atom. The lowest BCUT2D eigenvalue weighted by atomic mass is 10.1. The second-order valence-corrected chi connectivity index (χ2v) is 6.68. The zero-order valence-electron chi connectivity index (χ0n) is 11.3. The highest BCUT2D eigenvalue weighted by molar-refractivity contribution is 7.89. The number of nitrogens with zero attached hydrogens (tertiary/aromatic N) is 2. The highest BCUT2D eigenvalue weighted by atomic mass is 32.2. The first kappa shape index (κ1) is 14.7. The zero-order chi connectivity index (χ0) is 15.1. The molecule has 20 heavy (non-hydrogen) atoms. The standard InChI is InChI=1S/C12H17N3O4S/c1-8-5-6-14(9(8)2)11-7-10(15(16)17)3-4-12(11)20(13,18)19/h3-4,7-9H,5-6H2,1-2H3,(H2,13,18,19)/t8-,9+/m1/s1. The number of rotatable bonds is 3. The maximum absolute atomic E-state index is 11.7. The summed E-state index contributed by atoms with van der Waals surface area (Å²) in [6.07, 6.45) is 0.911. The van der Waals surface area contributed by atoms with Gasteiger partial charge in [-0.15, -0.1) is 0 Å².